The molecule has 1 unspecified atom stereocenters. The summed E-state index contributed by atoms with van der Waals surface area (Å²) >= 11 is 0. The minimum atomic E-state index is -0.492. The largest absolute Gasteiger partial charge is 0.310 e. The first-order chi connectivity index (χ1) is 23.5. The third-order valence-electron chi connectivity index (χ3n) is 10.5. The van der Waals surface area contributed by atoms with Gasteiger partial charge in [-0.2, -0.15) is 0 Å². The number of hydrogen-bond donors (Lipinski definition) is 0. The van der Waals surface area contributed by atoms with Crippen molar-refractivity contribution in [1.29, 1.82) is 0 Å². The predicted octanol–water partition coefficient (Wildman–Crippen LogP) is 12.3. The molecule has 0 saturated heterocycles. The summed E-state index contributed by atoms with van der Waals surface area (Å²) in [5.74, 6) is 0. The first-order valence-corrected chi connectivity index (χ1v) is 16.9. The highest BCUT2D eigenvalue weighted by Crippen LogP contribution is 2.56. The van der Waals surface area contributed by atoms with Gasteiger partial charge in [-0.05, 0) is 99.0 Å². The Labute approximate surface area is 284 Å². The lowest BCUT2D eigenvalue weighted by Crippen LogP contribution is -2.29. The number of anilines is 3. The smallest absolute Gasteiger partial charge is 0.0713 e. The van der Waals surface area contributed by atoms with E-state index >= 15 is 0 Å². The van der Waals surface area contributed by atoms with Crippen molar-refractivity contribution in [1.82, 2.24) is 0 Å². The molecule has 0 aliphatic heterocycles. The summed E-state index contributed by atoms with van der Waals surface area (Å²) in [6.07, 6.45) is 6.43. The maximum atomic E-state index is 4.38. The fourth-order valence-electron chi connectivity index (χ4n) is 8.34. The van der Waals surface area contributed by atoms with Crippen molar-refractivity contribution in [3.05, 3.63) is 215 Å². The lowest BCUT2D eigenvalue weighted by molar-refractivity contribution is 0.660. The van der Waals surface area contributed by atoms with Gasteiger partial charge in [0.25, 0.3) is 0 Å². The summed E-state index contributed by atoms with van der Waals surface area (Å²) in [7, 11) is 0. The van der Waals surface area contributed by atoms with Crippen LogP contribution in [0.4, 0.5) is 17.1 Å². The number of para-hydroxylation sites is 1. The van der Waals surface area contributed by atoms with E-state index in [0.29, 0.717) is 0 Å². The van der Waals surface area contributed by atoms with Crippen molar-refractivity contribution in [2.24, 2.45) is 0 Å². The van der Waals surface area contributed by atoms with Gasteiger partial charge in [0.2, 0.25) is 0 Å². The molecule has 0 bridgehead atoms. The van der Waals surface area contributed by atoms with Crippen molar-refractivity contribution in [2.45, 2.75) is 31.6 Å². The van der Waals surface area contributed by atoms with Gasteiger partial charge in [0.15, 0.2) is 0 Å². The van der Waals surface area contributed by atoms with Gasteiger partial charge in [0.1, 0.15) is 0 Å². The monoisotopic (exact) mass is 617 g/mol. The summed E-state index contributed by atoms with van der Waals surface area (Å²) in [5.41, 5.74) is 15.7. The maximum Gasteiger partial charge on any atom is 0.0713 e. The normalized spacial score (nSPS) is 17.2. The number of fused-ring (bicyclic) bond motifs is 4. The number of allylic oxidation sites excluding steroid dienone is 5. The van der Waals surface area contributed by atoms with Gasteiger partial charge in [-0.1, -0.05) is 154 Å². The Morgan fingerprint density at radius 3 is 1.75 bits per heavy atom. The summed E-state index contributed by atoms with van der Waals surface area (Å²) in [6, 6.07) is 55.5. The Hall–Kier alpha value is -5.66. The number of benzene rings is 6. The summed E-state index contributed by atoms with van der Waals surface area (Å²) in [4.78, 5) is 2.39. The highest BCUT2D eigenvalue weighted by molar-refractivity contribution is 5.92. The van der Waals surface area contributed by atoms with Crippen molar-refractivity contribution in [3.8, 4) is 11.1 Å². The predicted molar refractivity (Wildman–Crippen MR) is 203 cm³/mol. The second-order valence-electron chi connectivity index (χ2n) is 13.3. The Morgan fingerprint density at radius 1 is 0.521 bits per heavy atom. The van der Waals surface area contributed by atoms with Gasteiger partial charge in [-0.3, -0.25) is 0 Å². The zero-order valence-electron chi connectivity index (χ0n) is 27.8. The Morgan fingerprint density at radius 2 is 1.06 bits per heavy atom. The van der Waals surface area contributed by atoms with E-state index in [1.807, 2.05) is 0 Å². The van der Waals surface area contributed by atoms with Crippen LogP contribution in [0.3, 0.4) is 0 Å². The van der Waals surface area contributed by atoms with Crippen LogP contribution in [0.15, 0.2) is 182 Å². The summed E-state index contributed by atoms with van der Waals surface area (Å²) in [5, 5.41) is 0. The second-order valence-corrected chi connectivity index (χ2v) is 13.3. The maximum absolute atomic E-state index is 4.38. The van der Waals surface area contributed by atoms with E-state index in [1.54, 1.807) is 0 Å². The average molecular weight is 618 g/mol. The van der Waals surface area contributed by atoms with Crippen molar-refractivity contribution in [2.75, 3.05) is 4.90 Å². The van der Waals surface area contributed by atoms with E-state index in [1.165, 1.54) is 55.7 Å². The van der Waals surface area contributed by atoms with E-state index in [-0.39, 0.29) is 5.41 Å². The minimum Gasteiger partial charge on any atom is -0.310 e. The van der Waals surface area contributed by atoms with Gasteiger partial charge < -0.3 is 4.90 Å². The highest BCUT2D eigenvalue weighted by Gasteiger charge is 2.46. The average Bonchev–Trinajstić information content (AvgIpc) is 3.55. The van der Waals surface area contributed by atoms with Crippen LogP contribution in [0.1, 0.15) is 54.2 Å². The Balaban J connectivity index is 1.31. The molecule has 8 rings (SSSR count). The summed E-state index contributed by atoms with van der Waals surface area (Å²) in [6.45, 7) is 11.2. The van der Waals surface area contributed by atoms with E-state index in [4.69, 9.17) is 0 Å². The van der Waals surface area contributed by atoms with E-state index in [9.17, 15) is 0 Å². The third kappa shape index (κ3) is 4.31. The minimum absolute atomic E-state index is 0.0792. The number of rotatable bonds is 7. The molecule has 0 saturated carbocycles. The van der Waals surface area contributed by atoms with Crippen LogP contribution >= 0.6 is 0 Å². The van der Waals surface area contributed by atoms with Crippen molar-refractivity contribution in [3.63, 3.8) is 0 Å². The first-order valence-electron chi connectivity index (χ1n) is 16.9. The molecule has 232 valence electrons. The summed E-state index contributed by atoms with van der Waals surface area (Å²) < 4.78 is 0. The molecule has 2 aliphatic carbocycles. The molecule has 1 atom stereocenters. The molecule has 0 heterocycles. The number of hydrogen-bond acceptors (Lipinski definition) is 1. The quantitative estimate of drug-likeness (QED) is 0.172. The van der Waals surface area contributed by atoms with Crippen LogP contribution in [-0.4, -0.2) is 0 Å². The van der Waals surface area contributed by atoms with Crippen LogP contribution in [0.25, 0.3) is 16.7 Å². The molecule has 48 heavy (non-hydrogen) atoms. The zero-order chi connectivity index (χ0) is 32.9. The van der Waals surface area contributed by atoms with E-state index < -0.39 is 5.41 Å². The SMILES string of the molecule is C=CC1=C(/C=C\C)c2ccccc2C1(c1ccccc1)c1ccc(N(c2ccccc2)c2ccc3c(c2)C(C)(C)c2ccccc2-3)cc1. The molecular formula is C47H39N. The fraction of sp³-hybridized carbons (Fsp3) is 0.106. The van der Waals surface area contributed by atoms with Crippen LogP contribution in [-0.2, 0) is 10.8 Å². The van der Waals surface area contributed by atoms with Gasteiger partial charge in [-0.25, -0.2) is 0 Å². The van der Waals surface area contributed by atoms with E-state index in [2.05, 4.69) is 202 Å². The van der Waals surface area contributed by atoms with E-state index in [0.717, 1.165) is 17.1 Å². The molecule has 6 aromatic rings. The molecule has 1 nitrogen and oxygen atoms in total. The lowest BCUT2D eigenvalue weighted by Gasteiger charge is -2.35. The molecule has 0 radical (unpaired) electrons. The standard InChI is InChI=1S/C47H39N/c1-5-17-38-40-23-14-16-25-44(40)47(42(38)6-2,33-18-9-7-10-19-33)34-26-28-36(29-27-34)48(35-20-11-8-12-21-35)37-30-31-41-39-22-13-15-24-43(39)46(3,4)45(41)32-37/h5-32H,2H2,1,3-4H3/b17-5-. The molecule has 2 aliphatic rings. The Kier molecular flexibility index (Phi) is 7.15. The first kappa shape index (κ1) is 29.7. The van der Waals surface area contributed by atoms with Crippen LogP contribution in [0.5, 0.6) is 0 Å². The second kappa shape index (κ2) is 11.5. The van der Waals surface area contributed by atoms with Gasteiger partial charge in [0.05, 0.1) is 5.41 Å². The van der Waals surface area contributed by atoms with Crippen LogP contribution in [0.2, 0.25) is 0 Å². The Bertz CT molecular complexity index is 2220. The van der Waals surface area contributed by atoms with Gasteiger partial charge >= 0.3 is 0 Å². The topological polar surface area (TPSA) is 3.24 Å². The molecule has 0 spiro atoms. The molecular weight excluding hydrogens is 579 g/mol. The van der Waals surface area contributed by atoms with Crippen LogP contribution < -0.4 is 4.90 Å². The molecule has 0 aromatic heterocycles. The molecule has 1 heteroatoms. The third-order valence-corrected chi connectivity index (χ3v) is 10.5. The highest BCUT2D eigenvalue weighted by atomic mass is 15.1. The number of nitrogens with zero attached hydrogens (tertiary/aromatic N) is 1. The molecule has 0 N–H and O–H groups in total. The van der Waals surface area contributed by atoms with Gasteiger partial charge in [0, 0.05) is 22.5 Å². The van der Waals surface area contributed by atoms with Gasteiger partial charge in [-0.15, -0.1) is 0 Å². The van der Waals surface area contributed by atoms with Crippen molar-refractivity contribution >= 4 is 22.6 Å². The van der Waals surface area contributed by atoms with Crippen LogP contribution in [0, 0.1) is 0 Å². The lowest BCUT2D eigenvalue weighted by atomic mass is 9.67. The molecule has 0 fully saturated rings. The fourth-order valence-corrected chi connectivity index (χ4v) is 8.34. The zero-order valence-corrected chi connectivity index (χ0v) is 27.8. The molecule has 0 amide bonds. The van der Waals surface area contributed by atoms with Crippen molar-refractivity contribution < 1.29 is 0 Å². The molecule has 6 aromatic carbocycles.